The number of nitrogens with one attached hydrogen (secondary N) is 2. The summed E-state index contributed by atoms with van der Waals surface area (Å²) in [6.07, 6.45) is 0. The van der Waals surface area contributed by atoms with E-state index in [0.29, 0.717) is 0 Å². The second kappa shape index (κ2) is 9.38. The molecule has 0 spiro atoms. The van der Waals surface area contributed by atoms with Crippen molar-refractivity contribution in [3.63, 3.8) is 0 Å². The molecule has 2 atom stereocenters. The van der Waals surface area contributed by atoms with E-state index in [1.807, 2.05) is 0 Å². The van der Waals surface area contributed by atoms with Crippen LogP contribution in [-0.4, -0.2) is 76.1 Å². The third kappa shape index (κ3) is 5.35. The van der Waals surface area contributed by atoms with Gasteiger partial charge in [-0.3, -0.25) is 19.6 Å². The van der Waals surface area contributed by atoms with Crippen LogP contribution in [0.1, 0.15) is 18.4 Å². The number of ether oxygens (including phenoxy) is 1. The van der Waals surface area contributed by atoms with Crippen LogP contribution >= 0.6 is 11.3 Å². The van der Waals surface area contributed by atoms with Crippen molar-refractivity contribution in [1.82, 2.24) is 19.8 Å². The standard InChI is InChI=1S/C15H18N8O8S2/c1-6-10(14(25)23(6)33(26,27)28)20-13(24)11(7-5-32-15(18)19-7)22-30-3-2-29-9-4-8(12(16)17)31-21-9/h4-6,10H,2-3H2,1H3,(H3,16,17)(H2,18,19)(H,20,24)(H,26,27,28)/b22-11-/t6-,10-/m0/s1. The number of hydrogen-bond acceptors (Lipinski definition) is 13. The maximum Gasteiger partial charge on any atom is 0.362 e. The van der Waals surface area contributed by atoms with Gasteiger partial charge in [-0.1, -0.05) is 5.16 Å². The fourth-order valence-corrected chi connectivity index (χ4v) is 4.09. The van der Waals surface area contributed by atoms with Crippen LogP contribution in [0.3, 0.4) is 0 Å². The smallest absolute Gasteiger partial charge is 0.362 e. The monoisotopic (exact) mass is 502 g/mol. The predicted octanol–water partition coefficient (Wildman–Crippen LogP) is -1.68. The SMILES string of the molecule is C[C@H]1[C@H](NC(=O)/C(=N\OCCOc2cc(C(=N)N)on2)c2csc(N)n2)C(=O)N1S(=O)(=O)O. The molecule has 16 nitrogen and oxygen atoms in total. The van der Waals surface area contributed by atoms with Gasteiger partial charge in [0.1, 0.15) is 18.3 Å². The van der Waals surface area contributed by atoms with Gasteiger partial charge in [0.05, 0.1) is 12.1 Å². The Morgan fingerprint density at radius 1 is 1.48 bits per heavy atom. The number of amidine groups is 1. The lowest BCUT2D eigenvalue weighted by Gasteiger charge is -2.42. The minimum Gasteiger partial charge on any atom is -0.472 e. The Labute approximate surface area is 189 Å². The van der Waals surface area contributed by atoms with E-state index in [2.05, 4.69) is 20.6 Å². The summed E-state index contributed by atoms with van der Waals surface area (Å²) in [5, 5.41) is 18.4. The van der Waals surface area contributed by atoms with Crippen molar-refractivity contribution in [3.05, 3.63) is 22.9 Å². The zero-order valence-electron chi connectivity index (χ0n) is 16.8. The van der Waals surface area contributed by atoms with Crippen LogP contribution in [-0.2, 0) is 24.7 Å². The number of aromatic nitrogens is 2. The number of nitrogens with zero attached hydrogens (tertiary/aromatic N) is 4. The summed E-state index contributed by atoms with van der Waals surface area (Å²) < 4.78 is 41.7. The van der Waals surface area contributed by atoms with E-state index in [0.717, 1.165) is 11.3 Å². The Bertz CT molecular complexity index is 1210. The summed E-state index contributed by atoms with van der Waals surface area (Å²) in [6, 6.07) is -0.934. The first-order valence-electron chi connectivity index (χ1n) is 8.95. The van der Waals surface area contributed by atoms with E-state index < -0.39 is 34.2 Å². The molecule has 18 heteroatoms. The van der Waals surface area contributed by atoms with Gasteiger partial charge in [0, 0.05) is 5.38 Å². The van der Waals surface area contributed by atoms with Crippen LogP contribution in [0.5, 0.6) is 5.88 Å². The number of hydrogen-bond donors (Lipinski definition) is 5. The average molecular weight is 502 g/mol. The maximum absolute atomic E-state index is 12.7. The first-order chi connectivity index (χ1) is 15.5. The normalized spacial score (nSPS) is 18.5. The van der Waals surface area contributed by atoms with E-state index in [-0.39, 0.29) is 51.5 Å². The van der Waals surface area contributed by atoms with Gasteiger partial charge in [0.2, 0.25) is 5.76 Å². The van der Waals surface area contributed by atoms with Crippen LogP contribution in [0.2, 0.25) is 0 Å². The molecular weight excluding hydrogens is 484 g/mol. The minimum absolute atomic E-state index is 0.0244. The van der Waals surface area contributed by atoms with E-state index in [1.165, 1.54) is 18.4 Å². The summed E-state index contributed by atoms with van der Waals surface area (Å²) in [4.78, 5) is 33.7. The molecule has 1 aliphatic heterocycles. The molecule has 1 saturated heterocycles. The number of amides is 2. The topological polar surface area (TPSA) is 249 Å². The van der Waals surface area contributed by atoms with Gasteiger partial charge in [-0.25, -0.2) is 9.29 Å². The lowest BCUT2D eigenvalue weighted by atomic mass is 10.0. The number of rotatable bonds is 10. The first kappa shape index (κ1) is 23.9. The van der Waals surface area contributed by atoms with Gasteiger partial charge < -0.3 is 30.9 Å². The Kier molecular flexibility index (Phi) is 6.79. The number of nitrogen functional groups attached to an aromatic ring is 2. The zero-order valence-corrected chi connectivity index (χ0v) is 18.4. The largest absolute Gasteiger partial charge is 0.472 e. The highest BCUT2D eigenvalue weighted by atomic mass is 32.2. The van der Waals surface area contributed by atoms with Crippen LogP contribution in [0, 0.1) is 5.41 Å². The molecule has 2 aromatic heterocycles. The Morgan fingerprint density at radius 3 is 2.76 bits per heavy atom. The van der Waals surface area contributed by atoms with Gasteiger partial charge >= 0.3 is 10.3 Å². The average Bonchev–Trinajstić information content (AvgIpc) is 3.37. The van der Waals surface area contributed by atoms with Gasteiger partial charge in [0.25, 0.3) is 17.7 Å². The molecule has 2 amide bonds. The molecule has 0 radical (unpaired) electrons. The number of nitrogens with two attached hydrogens (primary N) is 2. The molecule has 0 aliphatic carbocycles. The lowest BCUT2D eigenvalue weighted by Crippen LogP contribution is -2.71. The van der Waals surface area contributed by atoms with Gasteiger partial charge in [-0.2, -0.15) is 8.42 Å². The molecule has 0 unspecified atom stereocenters. The molecule has 2 aromatic rings. The predicted molar refractivity (Wildman–Crippen MR) is 112 cm³/mol. The third-order valence-electron chi connectivity index (χ3n) is 4.18. The van der Waals surface area contributed by atoms with Crippen molar-refractivity contribution in [1.29, 1.82) is 5.41 Å². The number of anilines is 1. The van der Waals surface area contributed by atoms with Gasteiger partial charge in [-0.05, 0) is 12.1 Å². The Morgan fingerprint density at radius 2 is 2.21 bits per heavy atom. The summed E-state index contributed by atoms with van der Waals surface area (Å²) in [7, 11) is -4.74. The van der Waals surface area contributed by atoms with Crippen molar-refractivity contribution in [2.45, 2.75) is 19.0 Å². The second-order valence-corrected chi connectivity index (χ2v) is 8.62. The Balaban J connectivity index is 1.62. The Hall–Kier alpha value is -3.77. The molecule has 33 heavy (non-hydrogen) atoms. The zero-order chi connectivity index (χ0) is 24.3. The number of oxime groups is 1. The number of thiazole rings is 1. The summed E-state index contributed by atoms with van der Waals surface area (Å²) >= 11 is 1.03. The number of carbonyl (C=O) groups is 2. The molecule has 3 rings (SSSR count). The molecule has 1 aliphatic rings. The molecule has 1 fully saturated rings. The summed E-state index contributed by atoms with van der Waals surface area (Å²) in [6.45, 7) is 1.12. The van der Waals surface area contributed by atoms with E-state index in [1.54, 1.807) is 0 Å². The first-order valence-corrected chi connectivity index (χ1v) is 11.2. The van der Waals surface area contributed by atoms with Crippen LogP contribution in [0.25, 0.3) is 0 Å². The van der Waals surface area contributed by atoms with Crippen LogP contribution in [0.15, 0.2) is 21.1 Å². The molecule has 3 heterocycles. The lowest BCUT2D eigenvalue weighted by molar-refractivity contribution is -0.143. The molecule has 0 bridgehead atoms. The highest BCUT2D eigenvalue weighted by molar-refractivity contribution is 7.84. The third-order valence-corrected chi connectivity index (χ3v) is 5.87. The fraction of sp³-hybridized carbons (Fsp3) is 0.333. The molecular formula is C15H18N8O8S2. The highest BCUT2D eigenvalue weighted by Gasteiger charge is 2.51. The van der Waals surface area contributed by atoms with Gasteiger partial charge in [-0.15, -0.1) is 11.3 Å². The van der Waals surface area contributed by atoms with Crippen molar-refractivity contribution < 1.29 is 36.7 Å². The van der Waals surface area contributed by atoms with Crippen molar-refractivity contribution >= 4 is 50.1 Å². The molecule has 178 valence electrons. The van der Waals surface area contributed by atoms with E-state index >= 15 is 0 Å². The summed E-state index contributed by atoms with van der Waals surface area (Å²) in [5.74, 6) is -2.14. The van der Waals surface area contributed by atoms with Crippen molar-refractivity contribution in [2.24, 2.45) is 10.9 Å². The van der Waals surface area contributed by atoms with Crippen LogP contribution in [0.4, 0.5) is 5.13 Å². The second-order valence-electron chi connectivity index (χ2n) is 6.44. The van der Waals surface area contributed by atoms with Crippen molar-refractivity contribution in [3.8, 4) is 5.88 Å². The molecule has 0 saturated carbocycles. The van der Waals surface area contributed by atoms with Crippen LogP contribution < -0.4 is 21.5 Å². The summed E-state index contributed by atoms with van der Waals surface area (Å²) in [5.41, 5.74) is 10.6. The number of carbonyl (C=O) groups excluding carboxylic acids is 2. The van der Waals surface area contributed by atoms with Crippen molar-refractivity contribution in [2.75, 3.05) is 18.9 Å². The van der Waals surface area contributed by atoms with Gasteiger partial charge in [0.15, 0.2) is 23.3 Å². The molecule has 0 aromatic carbocycles. The quantitative estimate of drug-likeness (QED) is 0.0610. The highest BCUT2D eigenvalue weighted by Crippen LogP contribution is 2.23. The maximum atomic E-state index is 12.7. The van der Waals surface area contributed by atoms with E-state index in [9.17, 15) is 18.0 Å². The minimum atomic E-state index is -4.74. The van der Waals surface area contributed by atoms with E-state index in [4.69, 9.17) is 35.5 Å². The molecule has 7 N–H and O–H groups in total. The fourth-order valence-electron chi connectivity index (χ4n) is 2.66. The number of β-lactam (4-membered cyclic amide) rings is 1.